The minimum atomic E-state index is 0.108. The van der Waals surface area contributed by atoms with Gasteiger partial charge in [0.1, 0.15) is 5.71 Å². The molecule has 0 spiro atoms. The van der Waals surface area contributed by atoms with Crippen molar-refractivity contribution in [1.29, 1.82) is 0 Å². The minimum Gasteiger partial charge on any atom is -0.410 e. The molecule has 2 aliphatic carbocycles. The van der Waals surface area contributed by atoms with Crippen LogP contribution in [0, 0.1) is 0 Å². The molecule has 2 aromatic heterocycles. The van der Waals surface area contributed by atoms with Gasteiger partial charge in [-0.05, 0) is 60.1 Å². The molecule has 2 heterocycles. The van der Waals surface area contributed by atoms with Crippen molar-refractivity contribution in [2.75, 3.05) is 0 Å². The van der Waals surface area contributed by atoms with Crippen LogP contribution >= 0.6 is 0 Å². The molecule has 0 aliphatic heterocycles. The Morgan fingerprint density at radius 2 is 1.09 bits per heavy atom. The lowest BCUT2D eigenvalue weighted by atomic mass is 10.00. The molecular weight excluding hydrogens is 410 g/mol. The Labute approximate surface area is 192 Å². The maximum absolute atomic E-state index is 12.3. The van der Waals surface area contributed by atoms with Crippen molar-refractivity contribution in [3.05, 3.63) is 130 Å². The first-order valence-electron chi connectivity index (χ1n) is 11.1. The predicted octanol–water partition coefficient (Wildman–Crippen LogP) is 4.82. The molecule has 4 aromatic rings. The predicted molar refractivity (Wildman–Crippen MR) is 127 cm³/mol. The van der Waals surface area contributed by atoms with Gasteiger partial charge in [0.05, 0.1) is 0 Å². The molecule has 0 atom stereocenters. The van der Waals surface area contributed by atoms with Crippen LogP contribution in [0.15, 0.2) is 90.6 Å². The highest BCUT2D eigenvalue weighted by atomic mass is 16.4. The molecule has 0 unspecified atom stereocenters. The summed E-state index contributed by atoms with van der Waals surface area (Å²) in [6.45, 7) is 0. The number of oxime groups is 1. The number of carbonyl (C=O) groups is 1. The zero-order valence-corrected chi connectivity index (χ0v) is 18.1. The molecule has 0 bridgehead atoms. The van der Waals surface area contributed by atoms with E-state index in [2.05, 4.69) is 21.2 Å². The Kier molecular flexibility index (Phi) is 5.77. The van der Waals surface area contributed by atoms with Crippen molar-refractivity contribution in [3.8, 4) is 0 Å². The molecule has 1 N–H and O–H groups in total. The summed E-state index contributed by atoms with van der Waals surface area (Å²) < 4.78 is 0. The summed E-state index contributed by atoms with van der Waals surface area (Å²) in [6.07, 6.45) is 10.7. The van der Waals surface area contributed by atoms with Crippen LogP contribution in [0.4, 0.5) is 0 Å². The summed E-state index contributed by atoms with van der Waals surface area (Å²) in [4.78, 5) is 20.4. The number of fused-ring (bicyclic) bond motifs is 4. The molecule has 0 amide bonds. The van der Waals surface area contributed by atoms with Gasteiger partial charge in [0.15, 0.2) is 5.78 Å². The van der Waals surface area contributed by atoms with Gasteiger partial charge in [-0.3, -0.25) is 14.8 Å². The third-order valence-electron chi connectivity index (χ3n) is 6.28. The highest BCUT2D eigenvalue weighted by molar-refractivity contribution is 6.14. The average Bonchev–Trinajstić information content (AvgIpc) is 3.13. The van der Waals surface area contributed by atoms with Gasteiger partial charge < -0.3 is 5.21 Å². The Bertz CT molecular complexity index is 1260. The first-order valence-corrected chi connectivity index (χ1v) is 11.1. The van der Waals surface area contributed by atoms with Crippen molar-refractivity contribution in [2.24, 2.45) is 5.16 Å². The van der Waals surface area contributed by atoms with Gasteiger partial charge in [0.2, 0.25) is 0 Å². The average molecular weight is 434 g/mol. The van der Waals surface area contributed by atoms with E-state index in [1.807, 2.05) is 54.6 Å². The van der Waals surface area contributed by atoms with Crippen molar-refractivity contribution in [3.63, 3.8) is 0 Å². The molecule has 5 heteroatoms. The van der Waals surface area contributed by atoms with E-state index >= 15 is 0 Å². The van der Waals surface area contributed by atoms with Crippen LogP contribution in [0.3, 0.4) is 0 Å². The number of hydrogen-bond donors (Lipinski definition) is 1. The van der Waals surface area contributed by atoms with Crippen molar-refractivity contribution in [2.45, 2.75) is 25.7 Å². The summed E-state index contributed by atoms with van der Waals surface area (Å²) in [5.41, 5.74) is 8.80. The van der Waals surface area contributed by atoms with Crippen molar-refractivity contribution < 1.29 is 10.0 Å². The molecule has 0 fully saturated rings. The maximum Gasteiger partial charge on any atom is 0.195 e. The molecule has 2 aromatic carbocycles. The molecule has 2 aliphatic rings. The van der Waals surface area contributed by atoms with Gasteiger partial charge in [0, 0.05) is 47.0 Å². The minimum absolute atomic E-state index is 0.108. The lowest BCUT2D eigenvalue weighted by molar-refractivity contribution is 0.103. The largest absolute Gasteiger partial charge is 0.410 e. The highest BCUT2D eigenvalue weighted by Gasteiger charge is 2.21. The van der Waals surface area contributed by atoms with E-state index in [0.29, 0.717) is 5.71 Å². The Hall–Kier alpha value is -4.12. The molecule has 0 radical (unpaired) electrons. The van der Waals surface area contributed by atoms with Crippen LogP contribution in [0.2, 0.25) is 0 Å². The fourth-order valence-electron chi connectivity index (χ4n) is 4.57. The second-order valence-corrected chi connectivity index (χ2v) is 8.16. The van der Waals surface area contributed by atoms with Gasteiger partial charge >= 0.3 is 0 Å². The smallest absolute Gasteiger partial charge is 0.195 e. The Morgan fingerprint density at radius 3 is 1.73 bits per heavy atom. The van der Waals surface area contributed by atoms with Crippen LogP contribution in [-0.4, -0.2) is 26.7 Å². The monoisotopic (exact) mass is 433 g/mol. The van der Waals surface area contributed by atoms with Crippen LogP contribution in [0.25, 0.3) is 0 Å². The number of benzene rings is 2. The van der Waals surface area contributed by atoms with Crippen LogP contribution in [0.1, 0.15) is 49.3 Å². The molecule has 5 nitrogen and oxygen atoms in total. The number of pyridine rings is 2. The molecule has 162 valence electrons. The number of aromatic nitrogens is 2. The van der Waals surface area contributed by atoms with E-state index < -0.39 is 0 Å². The maximum atomic E-state index is 12.3. The number of aryl methyl sites for hydroxylation is 4. The SMILES string of the molecule is O=C1c2ccccc2CCc2ccncc21.ON=C1c2ccccc2CCc2ccncc21. The standard InChI is InChI=1S/C14H12N2O.C14H11NO/c17-16-14-12-4-2-1-3-10(12)5-6-11-7-8-15-9-13(11)14;16-14-12-4-2-1-3-10(12)5-6-11-7-8-15-9-13(11)14/h1-4,7-9,17H,5-6H2;1-4,7-9H,5-6H2. The van der Waals surface area contributed by atoms with E-state index in [-0.39, 0.29) is 5.78 Å². The summed E-state index contributed by atoms with van der Waals surface area (Å²) in [5, 5.41) is 12.7. The number of nitrogens with zero attached hydrogens (tertiary/aromatic N) is 3. The van der Waals surface area contributed by atoms with E-state index in [4.69, 9.17) is 0 Å². The molecule has 33 heavy (non-hydrogen) atoms. The molecule has 6 rings (SSSR count). The second kappa shape index (κ2) is 9.17. The first-order chi connectivity index (χ1) is 16.3. The summed E-state index contributed by atoms with van der Waals surface area (Å²) >= 11 is 0. The fraction of sp³-hybridized carbons (Fsp3) is 0.143. The van der Waals surface area contributed by atoms with Crippen LogP contribution in [0.5, 0.6) is 0 Å². The molecule has 0 saturated heterocycles. The van der Waals surface area contributed by atoms with Crippen LogP contribution in [-0.2, 0) is 25.7 Å². The van der Waals surface area contributed by atoms with E-state index in [1.54, 1.807) is 24.8 Å². The normalized spacial score (nSPS) is 15.0. The van der Waals surface area contributed by atoms with Crippen LogP contribution < -0.4 is 0 Å². The Morgan fingerprint density at radius 1 is 0.606 bits per heavy atom. The molecule has 0 saturated carbocycles. The first kappa shape index (κ1) is 20.8. The highest BCUT2D eigenvalue weighted by Crippen LogP contribution is 2.25. The number of hydrogen-bond acceptors (Lipinski definition) is 5. The zero-order chi connectivity index (χ0) is 22.6. The van der Waals surface area contributed by atoms with E-state index in [9.17, 15) is 10.0 Å². The summed E-state index contributed by atoms with van der Waals surface area (Å²) in [6, 6.07) is 19.8. The van der Waals surface area contributed by atoms with Gasteiger partial charge in [-0.1, -0.05) is 53.7 Å². The van der Waals surface area contributed by atoms with Gasteiger partial charge in [-0.15, -0.1) is 0 Å². The van der Waals surface area contributed by atoms with Gasteiger partial charge in [0.25, 0.3) is 0 Å². The lowest BCUT2D eigenvalue weighted by Gasteiger charge is -2.07. The third kappa shape index (κ3) is 4.05. The Balaban J connectivity index is 0.000000139. The third-order valence-corrected chi connectivity index (χ3v) is 6.28. The number of rotatable bonds is 0. The van der Waals surface area contributed by atoms with Gasteiger partial charge in [-0.25, -0.2) is 0 Å². The molecular formula is C28H23N3O2. The zero-order valence-electron chi connectivity index (χ0n) is 18.1. The van der Waals surface area contributed by atoms with Gasteiger partial charge in [-0.2, -0.15) is 0 Å². The number of carbonyl (C=O) groups excluding carboxylic acids is 1. The second-order valence-electron chi connectivity index (χ2n) is 8.16. The van der Waals surface area contributed by atoms with Crippen molar-refractivity contribution in [1.82, 2.24) is 9.97 Å². The van der Waals surface area contributed by atoms with Crippen molar-refractivity contribution >= 4 is 11.5 Å². The fourth-order valence-corrected chi connectivity index (χ4v) is 4.57. The van der Waals surface area contributed by atoms with E-state index in [1.165, 1.54) is 11.1 Å². The van der Waals surface area contributed by atoms with E-state index in [0.717, 1.165) is 59.1 Å². The summed E-state index contributed by atoms with van der Waals surface area (Å²) in [7, 11) is 0. The number of ketones is 1. The summed E-state index contributed by atoms with van der Waals surface area (Å²) in [5.74, 6) is 0.108. The quantitative estimate of drug-likeness (QED) is 0.319. The lowest BCUT2D eigenvalue weighted by Crippen LogP contribution is -2.06. The topological polar surface area (TPSA) is 75.4 Å².